The number of hydrogen-bond donors (Lipinski definition) is 2. The van der Waals surface area contributed by atoms with Crippen molar-refractivity contribution in [2.24, 2.45) is 0 Å². The van der Waals surface area contributed by atoms with E-state index < -0.39 is 29.1 Å². The van der Waals surface area contributed by atoms with Crippen molar-refractivity contribution < 1.29 is 29.0 Å². The summed E-state index contributed by atoms with van der Waals surface area (Å²) in [7, 11) is 0. The Bertz CT molecular complexity index is 695. The smallest absolute Gasteiger partial charge is 0.408 e. The zero-order valence-electron chi connectivity index (χ0n) is 15.4. The van der Waals surface area contributed by atoms with Gasteiger partial charge in [-0.2, -0.15) is 0 Å². The molecular formula is C18H24N2O6. The SMILES string of the molecule is CC(=O)OCN1CCC(NC(=O)OC(C)(C)C)(c2ccc(O)cc2)C1=O. The van der Waals surface area contributed by atoms with Crippen LogP contribution < -0.4 is 5.32 Å². The van der Waals surface area contributed by atoms with Gasteiger partial charge < -0.3 is 24.8 Å². The fraction of sp³-hybridized carbons (Fsp3) is 0.500. The van der Waals surface area contributed by atoms with Crippen LogP contribution >= 0.6 is 0 Å². The third kappa shape index (κ3) is 4.44. The Morgan fingerprint density at radius 2 is 1.88 bits per heavy atom. The van der Waals surface area contributed by atoms with Gasteiger partial charge in [0.15, 0.2) is 6.73 Å². The number of ether oxygens (including phenoxy) is 2. The number of benzene rings is 1. The second-order valence-electron chi connectivity index (χ2n) is 7.16. The molecular weight excluding hydrogens is 340 g/mol. The second-order valence-corrected chi connectivity index (χ2v) is 7.16. The summed E-state index contributed by atoms with van der Waals surface area (Å²) in [6, 6.07) is 6.02. The summed E-state index contributed by atoms with van der Waals surface area (Å²) in [4.78, 5) is 37.8. The van der Waals surface area contributed by atoms with Crippen LogP contribution in [0.1, 0.15) is 39.7 Å². The molecule has 8 nitrogen and oxygen atoms in total. The first-order valence-electron chi connectivity index (χ1n) is 8.27. The zero-order chi connectivity index (χ0) is 19.5. The van der Waals surface area contributed by atoms with Crippen LogP contribution in [-0.2, 0) is 24.6 Å². The highest BCUT2D eigenvalue weighted by Gasteiger charge is 2.50. The van der Waals surface area contributed by atoms with E-state index in [2.05, 4.69) is 5.32 Å². The molecule has 142 valence electrons. The maximum atomic E-state index is 13.0. The zero-order valence-corrected chi connectivity index (χ0v) is 15.4. The molecule has 1 aliphatic rings. The summed E-state index contributed by atoms with van der Waals surface area (Å²) >= 11 is 0. The van der Waals surface area contributed by atoms with Crippen LogP contribution in [0.25, 0.3) is 0 Å². The molecule has 1 aromatic rings. The van der Waals surface area contributed by atoms with Crippen molar-refractivity contribution in [1.82, 2.24) is 10.2 Å². The Morgan fingerprint density at radius 3 is 2.42 bits per heavy atom. The molecule has 2 N–H and O–H groups in total. The van der Waals surface area contributed by atoms with E-state index in [4.69, 9.17) is 9.47 Å². The summed E-state index contributed by atoms with van der Waals surface area (Å²) in [6.45, 7) is 6.54. The molecule has 1 unspecified atom stereocenters. The maximum Gasteiger partial charge on any atom is 0.408 e. The predicted molar refractivity (Wildman–Crippen MR) is 92.1 cm³/mol. The van der Waals surface area contributed by atoms with E-state index >= 15 is 0 Å². The average Bonchev–Trinajstić information content (AvgIpc) is 2.81. The van der Waals surface area contributed by atoms with Crippen molar-refractivity contribution in [1.29, 1.82) is 0 Å². The normalized spacial score (nSPS) is 20.0. The molecule has 0 radical (unpaired) electrons. The number of alkyl carbamates (subject to hydrolysis) is 1. The average molecular weight is 364 g/mol. The minimum atomic E-state index is -1.35. The molecule has 1 heterocycles. The van der Waals surface area contributed by atoms with Crippen molar-refractivity contribution in [3.05, 3.63) is 29.8 Å². The quantitative estimate of drug-likeness (QED) is 0.790. The van der Waals surface area contributed by atoms with Crippen LogP contribution in [0.5, 0.6) is 5.75 Å². The Balaban J connectivity index is 2.31. The van der Waals surface area contributed by atoms with E-state index in [1.165, 1.54) is 24.0 Å². The lowest BCUT2D eigenvalue weighted by molar-refractivity contribution is -0.150. The lowest BCUT2D eigenvalue weighted by Gasteiger charge is -2.31. The number of esters is 1. The third-order valence-corrected chi connectivity index (χ3v) is 3.91. The van der Waals surface area contributed by atoms with Gasteiger partial charge in [-0.1, -0.05) is 12.1 Å². The Hall–Kier alpha value is -2.77. The molecule has 2 amide bonds. The van der Waals surface area contributed by atoms with Gasteiger partial charge in [0.1, 0.15) is 16.9 Å². The van der Waals surface area contributed by atoms with Gasteiger partial charge in [-0.15, -0.1) is 0 Å². The first-order valence-corrected chi connectivity index (χ1v) is 8.27. The van der Waals surface area contributed by atoms with Crippen molar-refractivity contribution in [2.45, 2.75) is 45.3 Å². The Labute approximate surface area is 152 Å². The van der Waals surface area contributed by atoms with E-state index in [0.717, 1.165) is 0 Å². The Morgan fingerprint density at radius 1 is 1.27 bits per heavy atom. The number of phenolic OH excluding ortho intramolecular Hbond substituents is 1. The highest BCUT2D eigenvalue weighted by atomic mass is 16.6. The monoisotopic (exact) mass is 364 g/mol. The number of carbonyl (C=O) groups is 3. The van der Waals surface area contributed by atoms with E-state index in [1.54, 1.807) is 32.9 Å². The minimum absolute atomic E-state index is 0.0448. The van der Waals surface area contributed by atoms with Gasteiger partial charge in [-0.25, -0.2) is 4.79 Å². The fourth-order valence-electron chi connectivity index (χ4n) is 2.75. The lowest BCUT2D eigenvalue weighted by Crippen LogP contribution is -2.53. The van der Waals surface area contributed by atoms with Crippen LogP contribution in [0.4, 0.5) is 4.79 Å². The van der Waals surface area contributed by atoms with Gasteiger partial charge in [-0.3, -0.25) is 9.59 Å². The molecule has 2 rings (SSSR count). The Kier molecular flexibility index (Phi) is 5.44. The van der Waals surface area contributed by atoms with Crippen LogP contribution in [0, 0.1) is 0 Å². The van der Waals surface area contributed by atoms with Gasteiger partial charge in [-0.05, 0) is 38.5 Å². The number of aromatic hydroxyl groups is 1. The molecule has 0 spiro atoms. The standard InChI is InChI=1S/C18H24N2O6/c1-12(21)25-11-20-10-9-18(15(20)23,13-5-7-14(22)8-6-13)19-16(24)26-17(2,3)4/h5-8,22H,9-11H2,1-4H3,(H,19,24). The minimum Gasteiger partial charge on any atom is -0.508 e. The van der Waals surface area contributed by atoms with Crippen molar-refractivity contribution in [2.75, 3.05) is 13.3 Å². The van der Waals surface area contributed by atoms with Gasteiger partial charge in [0.25, 0.3) is 5.91 Å². The summed E-state index contributed by atoms with van der Waals surface area (Å²) in [5.74, 6) is -0.862. The molecule has 0 bridgehead atoms. The van der Waals surface area contributed by atoms with Gasteiger partial charge in [0.05, 0.1) is 0 Å². The van der Waals surface area contributed by atoms with Crippen molar-refractivity contribution in [3.8, 4) is 5.75 Å². The molecule has 0 aliphatic carbocycles. The largest absolute Gasteiger partial charge is 0.508 e. The first-order chi connectivity index (χ1) is 12.0. The lowest BCUT2D eigenvalue weighted by atomic mass is 9.88. The molecule has 1 fully saturated rings. The molecule has 1 aliphatic heterocycles. The summed E-state index contributed by atoms with van der Waals surface area (Å²) in [5, 5.41) is 12.2. The van der Waals surface area contributed by atoms with Crippen LogP contribution in [0.3, 0.4) is 0 Å². The molecule has 1 atom stereocenters. The summed E-state index contributed by atoms with van der Waals surface area (Å²) in [6.07, 6.45) is -0.454. The number of rotatable bonds is 4. The summed E-state index contributed by atoms with van der Waals surface area (Å²) in [5.41, 5.74) is -1.56. The fourth-order valence-corrected chi connectivity index (χ4v) is 2.75. The summed E-state index contributed by atoms with van der Waals surface area (Å²) < 4.78 is 10.2. The topological polar surface area (TPSA) is 105 Å². The molecule has 8 heteroatoms. The van der Waals surface area contributed by atoms with Crippen LogP contribution in [0.15, 0.2) is 24.3 Å². The number of phenols is 1. The number of carbonyl (C=O) groups excluding carboxylic acids is 3. The predicted octanol–water partition coefficient (Wildman–Crippen LogP) is 1.87. The third-order valence-electron chi connectivity index (χ3n) is 3.91. The molecule has 0 saturated carbocycles. The number of amides is 2. The number of nitrogens with one attached hydrogen (secondary N) is 1. The van der Waals surface area contributed by atoms with E-state index in [1.807, 2.05) is 0 Å². The first kappa shape index (κ1) is 19.6. The van der Waals surface area contributed by atoms with Gasteiger partial charge >= 0.3 is 12.1 Å². The van der Waals surface area contributed by atoms with Gasteiger partial charge in [0.2, 0.25) is 0 Å². The second kappa shape index (κ2) is 7.23. The maximum absolute atomic E-state index is 13.0. The molecule has 1 aromatic carbocycles. The van der Waals surface area contributed by atoms with Crippen LogP contribution in [0.2, 0.25) is 0 Å². The van der Waals surface area contributed by atoms with E-state index in [-0.39, 0.29) is 18.9 Å². The van der Waals surface area contributed by atoms with Crippen molar-refractivity contribution >= 4 is 18.0 Å². The van der Waals surface area contributed by atoms with E-state index in [0.29, 0.717) is 12.1 Å². The van der Waals surface area contributed by atoms with E-state index in [9.17, 15) is 19.5 Å². The van der Waals surface area contributed by atoms with Gasteiger partial charge in [0, 0.05) is 19.9 Å². The highest BCUT2D eigenvalue weighted by molar-refractivity contribution is 5.93. The van der Waals surface area contributed by atoms with Crippen LogP contribution in [-0.4, -0.2) is 46.9 Å². The number of hydrogen-bond acceptors (Lipinski definition) is 6. The number of likely N-dealkylation sites (tertiary alicyclic amines) is 1. The molecule has 26 heavy (non-hydrogen) atoms. The molecule has 1 saturated heterocycles. The van der Waals surface area contributed by atoms with Crippen molar-refractivity contribution in [3.63, 3.8) is 0 Å². The number of nitrogens with zero attached hydrogens (tertiary/aromatic N) is 1. The highest BCUT2D eigenvalue weighted by Crippen LogP contribution is 2.34. The molecule has 0 aromatic heterocycles.